The van der Waals surface area contributed by atoms with Crippen molar-refractivity contribution in [2.45, 2.75) is 45.4 Å². The average Bonchev–Trinajstić information content (AvgIpc) is 2.48. The second kappa shape index (κ2) is 4.80. The van der Waals surface area contributed by atoms with Crippen LogP contribution >= 0.6 is 0 Å². The topological polar surface area (TPSA) is 54.4 Å². The first-order valence-electron chi connectivity index (χ1n) is 6.70. The second-order valence-electron chi connectivity index (χ2n) is 6.21. The average molecular weight is 260 g/mol. The van der Waals surface area contributed by atoms with Gasteiger partial charge in [-0.05, 0) is 29.5 Å². The summed E-state index contributed by atoms with van der Waals surface area (Å²) in [6.07, 6.45) is 1.26. The molecule has 0 bridgehead atoms. The zero-order valence-electron chi connectivity index (χ0n) is 11.7. The molecule has 0 fully saturated rings. The Balaban J connectivity index is 2.38. The highest BCUT2D eigenvalue weighted by atomic mass is 16.4. The van der Waals surface area contributed by atoms with Gasteiger partial charge in [-0.2, -0.15) is 0 Å². The summed E-state index contributed by atoms with van der Waals surface area (Å²) < 4.78 is 0. The lowest BCUT2D eigenvalue weighted by molar-refractivity contribution is -0.138. The molecular weight excluding hydrogens is 240 g/mol. The van der Waals surface area contributed by atoms with E-state index in [-0.39, 0.29) is 12.2 Å². The van der Waals surface area contributed by atoms with Gasteiger partial charge in [-0.3, -0.25) is 9.59 Å². The third-order valence-electron chi connectivity index (χ3n) is 3.77. The summed E-state index contributed by atoms with van der Waals surface area (Å²) in [6.45, 7) is 6.15. The Morgan fingerprint density at radius 1 is 1.42 bits per heavy atom. The van der Waals surface area contributed by atoms with Crippen molar-refractivity contribution in [2.75, 3.05) is 0 Å². The van der Waals surface area contributed by atoms with Gasteiger partial charge in [-0.25, -0.2) is 0 Å². The van der Waals surface area contributed by atoms with Gasteiger partial charge in [0.05, 0.1) is 6.42 Å². The van der Waals surface area contributed by atoms with Gasteiger partial charge in [0.15, 0.2) is 5.78 Å². The zero-order valence-corrected chi connectivity index (χ0v) is 11.7. The largest absolute Gasteiger partial charge is 0.481 e. The van der Waals surface area contributed by atoms with E-state index in [9.17, 15) is 9.59 Å². The number of rotatable bonds is 4. The summed E-state index contributed by atoms with van der Waals surface area (Å²) >= 11 is 0. The molecule has 1 N–H and O–H groups in total. The molecule has 19 heavy (non-hydrogen) atoms. The van der Waals surface area contributed by atoms with Gasteiger partial charge in [0.2, 0.25) is 0 Å². The van der Waals surface area contributed by atoms with Gasteiger partial charge in [0.1, 0.15) is 0 Å². The Kier molecular flexibility index (Phi) is 3.48. The predicted molar refractivity (Wildman–Crippen MR) is 73.5 cm³/mol. The fourth-order valence-electron chi connectivity index (χ4n) is 2.98. The zero-order chi connectivity index (χ0) is 14.2. The molecule has 0 amide bonds. The Labute approximate surface area is 113 Å². The molecule has 1 atom stereocenters. The quantitative estimate of drug-likeness (QED) is 0.904. The van der Waals surface area contributed by atoms with Crippen molar-refractivity contribution in [2.24, 2.45) is 5.92 Å². The molecule has 0 saturated carbocycles. The van der Waals surface area contributed by atoms with E-state index in [2.05, 4.69) is 13.8 Å². The molecule has 1 aromatic carbocycles. The number of carboxylic acids is 1. The smallest absolute Gasteiger partial charge is 0.304 e. The molecule has 1 aliphatic carbocycles. The first kappa shape index (κ1) is 13.8. The van der Waals surface area contributed by atoms with E-state index >= 15 is 0 Å². The number of aliphatic carboxylic acids is 1. The van der Waals surface area contributed by atoms with Gasteiger partial charge in [-0.1, -0.05) is 32.9 Å². The molecule has 102 valence electrons. The van der Waals surface area contributed by atoms with Crippen LogP contribution in [0.5, 0.6) is 0 Å². The summed E-state index contributed by atoms with van der Waals surface area (Å²) in [5.41, 5.74) is 2.23. The van der Waals surface area contributed by atoms with E-state index in [1.165, 1.54) is 0 Å². The molecule has 0 aromatic heterocycles. The van der Waals surface area contributed by atoms with Crippen LogP contribution in [-0.4, -0.2) is 16.9 Å². The number of Topliss-reactive ketones (excluding diaryl/α,β-unsaturated/α-hetero) is 1. The Morgan fingerprint density at radius 2 is 2.11 bits per heavy atom. The summed E-state index contributed by atoms with van der Waals surface area (Å²) in [4.78, 5) is 23.1. The number of carboxylic acid groups (broad SMARTS) is 1. The predicted octanol–water partition coefficient (Wildman–Crippen LogP) is 3.20. The summed E-state index contributed by atoms with van der Waals surface area (Å²) in [5, 5.41) is 9.01. The van der Waals surface area contributed by atoms with Gasteiger partial charge in [0, 0.05) is 17.4 Å². The van der Waals surface area contributed by atoms with Gasteiger partial charge >= 0.3 is 5.97 Å². The molecular formula is C16H20O3. The van der Waals surface area contributed by atoms with Crippen molar-refractivity contribution < 1.29 is 14.7 Å². The van der Waals surface area contributed by atoms with Crippen molar-refractivity contribution in [1.29, 1.82) is 0 Å². The standard InChI is InChI=1S/C16H20O3/c1-10(2)6-11-4-5-13-12(7-11)14(17)8-16(13,3)9-15(18)19/h4-5,7,10H,6,8-9H2,1-3H3,(H,18,19). The second-order valence-corrected chi connectivity index (χ2v) is 6.21. The van der Waals surface area contributed by atoms with Gasteiger partial charge in [-0.15, -0.1) is 0 Å². The van der Waals surface area contributed by atoms with E-state index in [1.54, 1.807) is 0 Å². The lowest BCUT2D eigenvalue weighted by Gasteiger charge is -2.22. The number of fused-ring (bicyclic) bond motifs is 1. The third kappa shape index (κ3) is 2.70. The summed E-state index contributed by atoms with van der Waals surface area (Å²) in [5.74, 6) is -0.237. The highest BCUT2D eigenvalue weighted by Gasteiger charge is 2.41. The molecule has 3 nitrogen and oxygen atoms in total. The maximum atomic E-state index is 12.1. The fraction of sp³-hybridized carbons (Fsp3) is 0.500. The van der Waals surface area contributed by atoms with Crippen molar-refractivity contribution in [3.8, 4) is 0 Å². The van der Waals surface area contributed by atoms with Crippen molar-refractivity contribution in [1.82, 2.24) is 0 Å². The van der Waals surface area contributed by atoms with Crippen LogP contribution in [0.4, 0.5) is 0 Å². The number of hydrogen-bond acceptors (Lipinski definition) is 2. The normalized spacial score (nSPS) is 21.8. The molecule has 1 aliphatic rings. The minimum absolute atomic E-state index is 0.00919. The number of hydrogen-bond donors (Lipinski definition) is 1. The first-order chi connectivity index (χ1) is 8.82. The van der Waals surface area contributed by atoms with Crippen LogP contribution in [0.3, 0.4) is 0 Å². The molecule has 0 radical (unpaired) electrons. The first-order valence-corrected chi connectivity index (χ1v) is 6.70. The summed E-state index contributed by atoms with van der Waals surface area (Å²) in [6, 6.07) is 5.92. The maximum Gasteiger partial charge on any atom is 0.304 e. The highest BCUT2D eigenvalue weighted by molar-refractivity contribution is 6.02. The van der Waals surface area contributed by atoms with Gasteiger partial charge in [0.25, 0.3) is 0 Å². The van der Waals surface area contributed by atoms with Gasteiger partial charge < -0.3 is 5.11 Å². The number of benzene rings is 1. The van der Waals surface area contributed by atoms with Crippen LogP contribution in [0.15, 0.2) is 18.2 Å². The molecule has 3 heteroatoms. The van der Waals surface area contributed by atoms with E-state index in [0.29, 0.717) is 12.3 Å². The Hall–Kier alpha value is -1.64. The van der Waals surface area contributed by atoms with E-state index in [1.807, 2.05) is 25.1 Å². The lowest BCUT2D eigenvalue weighted by Crippen LogP contribution is -2.23. The van der Waals surface area contributed by atoms with Crippen molar-refractivity contribution in [3.63, 3.8) is 0 Å². The number of carbonyl (C=O) groups is 2. The lowest BCUT2D eigenvalue weighted by atomic mass is 9.80. The molecule has 1 aromatic rings. The van der Waals surface area contributed by atoms with Crippen molar-refractivity contribution >= 4 is 11.8 Å². The van der Waals surface area contributed by atoms with Crippen LogP contribution in [0.1, 0.15) is 55.1 Å². The molecule has 0 aliphatic heterocycles. The number of carbonyl (C=O) groups excluding carboxylic acids is 1. The van der Waals surface area contributed by atoms with E-state index in [0.717, 1.165) is 23.1 Å². The Bertz CT molecular complexity index is 531. The van der Waals surface area contributed by atoms with Crippen LogP contribution in [0.2, 0.25) is 0 Å². The minimum atomic E-state index is -0.852. The van der Waals surface area contributed by atoms with Crippen LogP contribution in [0.25, 0.3) is 0 Å². The number of ketones is 1. The SMILES string of the molecule is CC(C)Cc1ccc2c(c1)C(=O)CC2(C)CC(=O)O. The minimum Gasteiger partial charge on any atom is -0.481 e. The van der Waals surface area contributed by atoms with Crippen LogP contribution in [0, 0.1) is 5.92 Å². The molecule has 0 saturated heterocycles. The monoisotopic (exact) mass is 260 g/mol. The molecule has 1 unspecified atom stereocenters. The van der Waals surface area contributed by atoms with Crippen LogP contribution < -0.4 is 0 Å². The third-order valence-corrected chi connectivity index (χ3v) is 3.77. The van der Waals surface area contributed by atoms with E-state index in [4.69, 9.17) is 5.11 Å². The maximum absolute atomic E-state index is 12.1. The molecule has 0 heterocycles. The van der Waals surface area contributed by atoms with E-state index < -0.39 is 11.4 Å². The molecule has 2 rings (SSSR count). The van der Waals surface area contributed by atoms with Crippen molar-refractivity contribution in [3.05, 3.63) is 34.9 Å². The highest BCUT2D eigenvalue weighted by Crippen LogP contribution is 2.41. The Morgan fingerprint density at radius 3 is 2.68 bits per heavy atom. The fourth-order valence-corrected chi connectivity index (χ4v) is 2.98. The molecule has 0 spiro atoms. The summed E-state index contributed by atoms with van der Waals surface area (Å²) in [7, 11) is 0. The van der Waals surface area contributed by atoms with Crippen LogP contribution in [-0.2, 0) is 16.6 Å².